The van der Waals surface area contributed by atoms with Gasteiger partial charge in [-0.2, -0.15) is 0 Å². The van der Waals surface area contributed by atoms with E-state index in [1.807, 2.05) is 13.8 Å². The molecule has 1 saturated carbocycles. The van der Waals surface area contributed by atoms with Gasteiger partial charge in [0.05, 0.1) is 11.2 Å². The Labute approximate surface area is 177 Å². The molecule has 0 unspecified atom stereocenters. The van der Waals surface area contributed by atoms with Crippen LogP contribution in [0, 0.1) is 5.92 Å². The molecule has 1 fully saturated rings. The summed E-state index contributed by atoms with van der Waals surface area (Å²) >= 11 is 1.57. The first-order valence-corrected chi connectivity index (χ1v) is 10.4. The van der Waals surface area contributed by atoms with Gasteiger partial charge in [-0.1, -0.05) is 36.4 Å². The summed E-state index contributed by atoms with van der Waals surface area (Å²) in [4.78, 5) is 9.73. The Morgan fingerprint density at radius 3 is 2.34 bits per heavy atom. The molecule has 7 heteroatoms. The van der Waals surface area contributed by atoms with Crippen molar-refractivity contribution in [1.82, 2.24) is 10.1 Å². The van der Waals surface area contributed by atoms with Crippen molar-refractivity contribution in [3.05, 3.63) is 66.0 Å². The molecule has 29 heavy (non-hydrogen) atoms. The molecule has 0 heterocycles. The Morgan fingerprint density at radius 2 is 1.79 bits per heavy atom. The first-order chi connectivity index (χ1) is 13.9. The highest BCUT2D eigenvalue weighted by atomic mass is 32.2. The number of amides is 1. The van der Waals surface area contributed by atoms with Crippen molar-refractivity contribution >= 4 is 18.4 Å². The predicted octanol–water partition coefficient (Wildman–Crippen LogP) is 3.05. The van der Waals surface area contributed by atoms with Crippen molar-refractivity contribution in [1.29, 1.82) is 0 Å². The van der Waals surface area contributed by atoms with Gasteiger partial charge in [-0.05, 0) is 79.8 Å². The smallest absolute Gasteiger partial charge is 0.204 e. The summed E-state index contributed by atoms with van der Waals surface area (Å²) in [5.41, 5.74) is 16.8. The van der Waals surface area contributed by atoms with Gasteiger partial charge in [0.15, 0.2) is 0 Å². The molecule has 6 nitrogen and oxygen atoms in total. The van der Waals surface area contributed by atoms with Crippen molar-refractivity contribution < 1.29 is 4.79 Å². The molecule has 1 amide bonds. The third kappa shape index (κ3) is 7.12. The molecule has 156 valence electrons. The summed E-state index contributed by atoms with van der Waals surface area (Å²) in [5.74, 6) is 6.43. The van der Waals surface area contributed by atoms with E-state index in [4.69, 9.17) is 16.4 Å². The largest absolute Gasteiger partial charge is 0.403 e. The normalized spacial score (nSPS) is 14.0. The van der Waals surface area contributed by atoms with Gasteiger partial charge in [0, 0.05) is 11.1 Å². The van der Waals surface area contributed by atoms with E-state index in [0.717, 1.165) is 16.5 Å². The SMILES string of the molecule is CC(C)(NSc1ccc(-c2cccc(CC3CC3)c2)cc1)/C(=C/N)NN.NC=O. The maximum absolute atomic E-state index is 8.58. The third-order valence-electron chi connectivity index (χ3n) is 4.76. The average molecular weight is 414 g/mol. The standard InChI is InChI=1S/C21H28N4S.CH3NO/c1-21(2,20(14-22)24-23)25-26-19-10-8-17(9-11-19)18-5-3-4-16(13-18)12-15-6-7-15;2-1-3/h3-5,8-11,13-15,24-25H,6-7,12,22-23H2,1-2H3;1H,(H2,2,3)/b20-14-;. The van der Waals surface area contributed by atoms with Gasteiger partial charge in [0.1, 0.15) is 0 Å². The van der Waals surface area contributed by atoms with Crippen LogP contribution in [0.1, 0.15) is 32.3 Å². The quantitative estimate of drug-likeness (QED) is 0.196. The number of benzene rings is 2. The molecule has 0 spiro atoms. The highest BCUT2D eigenvalue weighted by molar-refractivity contribution is 7.97. The summed E-state index contributed by atoms with van der Waals surface area (Å²) in [6.07, 6.45) is 5.73. The van der Waals surface area contributed by atoms with Crippen LogP contribution in [0.5, 0.6) is 0 Å². The Balaban J connectivity index is 0.000000941. The van der Waals surface area contributed by atoms with E-state index >= 15 is 0 Å². The van der Waals surface area contributed by atoms with Gasteiger partial charge in [-0.3, -0.25) is 10.6 Å². The number of rotatable bonds is 8. The van der Waals surface area contributed by atoms with Crippen molar-refractivity contribution in [2.45, 2.75) is 43.5 Å². The van der Waals surface area contributed by atoms with Gasteiger partial charge in [0.25, 0.3) is 0 Å². The van der Waals surface area contributed by atoms with Crippen LogP contribution in [0.2, 0.25) is 0 Å². The van der Waals surface area contributed by atoms with Crippen LogP contribution >= 0.6 is 11.9 Å². The first kappa shape index (κ1) is 22.8. The summed E-state index contributed by atoms with van der Waals surface area (Å²) in [6.45, 7) is 4.05. The molecule has 2 aromatic rings. The number of hydrogen-bond acceptors (Lipinski definition) is 6. The zero-order valence-electron chi connectivity index (χ0n) is 17.0. The topological polar surface area (TPSA) is 119 Å². The van der Waals surface area contributed by atoms with Crippen LogP contribution < -0.4 is 27.5 Å². The van der Waals surface area contributed by atoms with Crippen LogP contribution in [-0.4, -0.2) is 11.9 Å². The molecule has 0 saturated heterocycles. The number of primary amides is 1. The van der Waals surface area contributed by atoms with Crippen LogP contribution in [0.25, 0.3) is 11.1 Å². The van der Waals surface area contributed by atoms with E-state index in [2.05, 4.69) is 64.4 Å². The molecule has 1 aliphatic carbocycles. The molecule has 0 aromatic heterocycles. The van der Waals surface area contributed by atoms with Crippen LogP contribution in [0.4, 0.5) is 0 Å². The number of hydrogen-bond donors (Lipinski definition) is 5. The van der Waals surface area contributed by atoms with Gasteiger partial charge in [0.2, 0.25) is 6.41 Å². The van der Waals surface area contributed by atoms with E-state index in [-0.39, 0.29) is 11.9 Å². The Kier molecular flexibility index (Phi) is 8.57. The maximum Gasteiger partial charge on any atom is 0.204 e. The minimum Gasteiger partial charge on any atom is -0.403 e. The minimum absolute atomic E-state index is 0.250. The lowest BCUT2D eigenvalue weighted by molar-refractivity contribution is -0.106. The molecule has 8 N–H and O–H groups in total. The molecule has 0 aliphatic heterocycles. The van der Waals surface area contributed by atoms with E-state index < -0.39 is 0 Å². The first-order valence-electron chi connectivity index (χ1n) is 9.61. The molecule has 2 aromatic carbocycles. The van der Waals surface area contributed by atoms with E-state index in [0.29, 0.717) is 0 Å². The van der Waals surface area contributed by atoms with Crippen molar-refractivity contribution in [2.75, 3.05) is 0 Å². The summed E-state index contributed by atoms with van der Waals surface area (Å²) in [6, 6.07) is 17.5. The summed E-state index contributed by atoms with van der Waals surface area (Å²) < 4.78 is 3.40. The fraction of sp³-hybridized carbons (Fsp3) is 0.318. The van der Waals surface area contributed by atoms with Gasteiger partial charge in [-0.15, -0.1) is 0 Å². The fourth-order valence-corrected chi connectivity index (χ4v) is 3.68. The fourth-order valence-electron chi connectivity index (χ4n) is 2.93. The Bertz CT molecular complexity index is 816. The molecule has 0 atom stereocenters. The Morgan fingerprint density at radius 1 is 1.14 bits per heavy atom. The van der Waals surface area contributed by atoms with E-state index in [9.17, 15) is 0 Å². The number of hydrazine groups is 1. The molecule has 0 bridgehead atoms. The van der Waals surface area contributed by atoms with Crippen LogP contribution in [0.15, 0.2) is 65.3 Å². The second-order valence-electron chi connectivity index (χ2n) is 7.56. The van der Waals surface area contributed by atoms with Crippen molar-refractivity contribution in [3.63, 3.8) is 0 Å². The second-order valence-corrected chi connectivity index (χ2v) is 8.44. The highest BCUT2D eigenvalue weighted by Gasteiger charge is 2.23. The van der Waals surface area contributed by atoms with Crippen molar-refractivity contribution in [3.8, 4) is 11.1 Å². The molecule has 3 rings (SSSR count). The number of nitrogens with two attached hydrogens (primary N) is 3. The number of carbonyl (C=O) groups is 1. The number of carbonyl (C=O) groups excluding carboxylic acids is 1. The molecular formula is C22H31N5OS. The lowest BCUT2D eigenvalue weighted by Crippen LogP contribution is -2.44. The molecular weight excluding hydrogens is 382 g/mol. The predicted molar refractivity (Wildman–Crippen MR) is 121 cm³/mol. The van der Waals surface area contributed by atoms with E-state index in [1.54, 1.807) is 11.9 Å². The summed E-state index contributed by atoms with van der Waals surface area (Å²) in [7, 11) is 0. The van der Waals surface area contributed by atoms with Crippen molar-refractivity contribution in [2.24, 2.45) is 23.2 Å². The summed E-state index contributed by atoms with van der Waals surface area (Å²) in [5, 5.41) is 0. The maximum atomic E-state index is 8.58. The second kappa shape index (κ2) is 10.9. The van der Waals surface area contributed by atoms with Crippen LogP contribution in [0.3, 0.4) is 0 Å². The average Bonchev–Trinajstić information content (AvgIpc) is 3.52. The van der Waals surface area contributed by atoms with Gasteiger partial charge < -0.3 is 16.9 Å². The van der Waals surface area contributed by atoms with Gasteiger partial charge >= 0.3 is 0 Å². The third-order valence-corrected chi connectivity index (χ3v) is 5.88. The molecule has 1 aliphatic rings. The Hall–Kier alpha value is -2.48. The lowest BCUT2D eigenvalue weighted by atomic mass is 10.0. The lowest BCUT2D eigenvalue weighted by Gasteiger charge is -2.28. The monoisotopic (exact) mass is 413 g/mol. The zero-order valence-corrected chi connectivity index (χ0v) is 17.8. The zero-order chi connectivity index (χ0) is 21.3. The van der Waals surface area contributed by atoms with Crippen LogP contribution in [-0.2, 0) is 11.2 Å². The van der Waals surface area contributed by atoms with E-state index in [1.165, 1.54) is 42.2 Å². The minimum atomic E-state index is -0.357. The van der Waals surface area contributed by atoms with Gasteiger partial charge in [-0.25, -0.2) is 4.72 Å². The molecule has 0 radical (unpaired) electrons. The number of nitrogens with one attached hydrogen (secondary N) is 2. The highest BCUT2D eigenvalue weighted by Crippen LogP contribution is 2.33.